The number of nitrogens with zero attached hydrogens (tertiary/aromatic N) is 1. The van der Waals surface area contributed by atoms with E-state index in [1.54, 1.807) is 0 Å². The molecule has 0 spiro atoms. The molecule has 0 aromatic heterocycles. The van der Waals surface area contributed by atoms with Crippen LogP contribution in [0.1, 0.15) is 25.7 Å². The number of hydrogen-bond donors (Lipinski definition) is 1. The zero-order chi connectivity index (χ0) is 6.97. The molecule has 2 heteroatoms. The van der Waals surface area contributed by atoms with Crippen LogP contribution >= 0.6 is 0 Å². The van der Waals surface area contributed by atoms with E-state index < -0.39 is 0 Å². The van der Waals surface area contributed by atoms with Gasteiger partial charge in [0, 0.05) is 12.6 Å². The first kappa shape index (κ1) is 6.62. The van der Waals surface area contributed by atoms with Crippen molar-refractivity contribution < 1.29 is 5.11 Å². The van der Waals surface area contributed by atoms with Crippen molar-refractivity contribution in [1.82, 2.24) is 4.90 Å². The Balaban J connectivity index is 2.01. The molecule has 0 amide bonds. The molecule has 0 bridgehead atoms. The molecule has 1 N–H and O–H groups in total. The lowest BCUT2D eigenvalue weighted by Crippen LogP contribution is -2.38. The second kappa shape index (κ2) is 2.51. The smallest absolute Gasteiger partial charge is 0.0707 e. The molecule has 0 aromatic carbocycles. The van der Waals surface area contributed by atoms with Crippen molar-refractivity contribution in [3.63, 3.8) is 0 Å². The van der Waals surface area contributed by atoms with Crippen LogP contribution in [-0.4, -0.2) is 35.2 Å². The summed E-state index contributed by atoms with van der Waals surface area (Å²) in [6.07, 6.45) is 4.87. The molecule has 2 nitrogen and oxygen atoms in total. The first-order valence-corrected chi connectivity index (χ1v) is 4.30. The SMILES string of the molecule is O[C@@H]1CCN2CCCC[C@@H]12. The molecule has 0 aromatic rings. The molecule has 0 unspecified atom stereocenters. The van der Waals surface area contributed by atoms with Crippen LogP contribution in [0.4, 0.5) is 0 Å². The highest BCUT2D eigenvalue weighted by atomic mass is 16.3. The summed E-state index contributed by atoms with van der Waals surface area (Å²) < 4.78 is 0. The molecule has 0 saturated carbocycles. The van der Waals surface area contributed by atoms with Crippen molar-refractivity contribution in [3.8, 4) is 0 Å². The lowest BCUT2D eigenvalue weighted by molar-refractivity contribution is 0.0914. The molecule has 2 atom stereocenters. The third kappa shape index (κ3) is 0.956. The zero-order valence-electron chi connectivity index (χ0n) is 6.29. The van der Waals surface area contributed by atoms with E-state index in [0.29, 0.717) is 6.04 Å². The first-order valence-electron chi connectivity index (χ1n) is 4.30. The van der Waals surface area contributed by atoms with E-state index >= 15 is 0 Å². The van der Waals surface area contributed by atoms with Crippen molar-refractivity contribution in [1.29, 1.82) is 0 Å². The second-order valence-electron chi connectivity index (χ2n) is 3.46. The summed E-state index contributed by atoms with van der Waals surface area (Å²) in [5, 5.41) is 9.48. The van der Waals surface area contributed by atoms with E-state index in [1.807, 2.05) is 0 Å². The lowest BCUT2D eigenvalue weighted by atomic mass is 10.0. The van der Waals surface area contributed by atoms with Crippen LogP contribution in [0.15, 0.2) is 0 Å². The minimum atomic E-state index is -0.0136. The average Bonchev–Trinajstić information content (AvgIpc) is 2.34. The maximum Gasteiger partial charge on any atom is 0.0707 e. The third-order valence-electron chi connectivity index (χ3n) is 2.82. The quantitative estimate of drug-likeness (QED) is 0.534. The molecular formula is C8H15NO. The minimum absolute atomic E-state index is 0.0136. The van der Waals surface area contributed by atoms with Crippen molar-refractivity contribution >= 4 is 0 Å². The molecule has 2 heterocycles. The number of aliphatic hydroxyl groups excluding tert-OH is 1. The number of rotatable bonds is 0. The Morgan fingerprint density at radius 2 is 2.00 bits per heavy atom. The van der Waals surface area contributed by atoms with E-state index in [4.69, 9.17) is 0 Å². The molecule has 58 valence electrons. The lowest BCUT2D eigenvalue weighted by Gasteiger charge is -2.30. The topological polar surface area (TPSA) is 23.5 Å². The first-order chi connectivity index (χ1) is 4.88. The van der Waals surface area contributed by atoms with Crippen LogP contribution in [0, 0.1) is 0 Å². The highest BCUT2D eigenvalue weighted by Crippen LogP contribution is 2.26. The van der Waals surface area contributed by atoms with Gasteiger partial charge >= 0.3 is 0 Å². The third-order valence-corrected chi connectivity index (χ3v) is 2.82. The van der Waals surface area contributed by atoms with Crippen LogP contribution in [0.25, 0.3) is 0 Å². The fourth-order valence-corrected chi connectivity index (χ4v) is 2.22. The fraction of sp³-hybridized carbons (Fsp3) is 1.00. The highest BCUT2D eigenvalue weighted by Gasteiger charge is 2.33. The van der Waals surface area contributed by atoms with Crippen molar-refractivity contribution in [2.45, 2.75) is 37.8 Å². The monoisotopic (exact) mass is 141 g/mol. The molecule has 2 aliphatic rings. The van der Waals surface area contributed by atoms with E-state index in [0.717, 1.165) is 13.0 Å². The van der Waals surface area contributed by atoms with E-state index in [-0.39, 0.29) is 6.10 Å². The van der Waals surface area contributed by atoms with Gasteiger partial charge in [0.15, 0.2) is 0 Å². The van der Waals surface area contributed by atoms with E-state index in [2.05, 4.69) is 4.90 Å². The largest absolute Gasteiger partial charge is 0.391 e. The molecule has 2 fully saturated rings. The summed E-state index contributed by atoms with van der Waals surface area (Å²) in [4.78, 5) is 2.44. The van der Waals surface area contributed by atoms with Crippen molar-refractivity contribution in [2.75, 3.05) is 13.1 Å². The number of aliphatic hydroxyl groups is 1. The Morgan fingerprint density at radius 1 is 1.10 bits per heavy atom. The minimum Gasteiger partial charge on any atom is -0.391 e. The molecule has 2 aliphatic heterocycles. The Labute approximate surface area is 61.8 Å². The molecule has 2 rings (SSSR count). The van der Waals surface area contributed by atoms with Gasteiger partial charge in [0.25, 0.3) is 0 Å². The highest BCUT2D eigenvalue weighted by molar-refractivity contribution is 4.89. The van der Waals surface area contributed by atoms with Crippen LogP contribution < -0.4 is 0 Å². The summed E-state index contributed by atoms with van der Waals surface area (Å²) >= 11 is 0. The maximum atomic E-state index is 9.48. The van der Waals surface area contributed by atoms with E-state index in [1.165, 1.54) is 25.8 Å². The van der Waals surface area contributed by atoms with Gasteiger partial charge in [-0.2, -0.15) is 0 Å². The summed E-state index contributed by atoms with van der Waals surface area (Å²) in [6.45, 7) is 2.35. The van der Waals surface area contributed by atoms with Crippen LogP contribution in [-0.2, 0) is 0 Å². The molecule has 0 radical (unpaired) electrons. The normalized spacial score (nSPS) is 41.7. The fourth-order valence-electron chi connectivity index (χ4n) is 2.22. The second-order valence-corrected chi connectivity index (χ2v) is 3.46. The average molecular weight is 141 g/mol. The Morgan fingerprint density at radius 3 is 2.80 bits per heavy atom. The summed E-state index contributed by atoms with van der Waals surface area (Å²) in [6, 6.07) is 0.522. The zero-order valence-corrected chi connectivity index (χ0v) is 6.29. The summed E-state index contributed by atoms with van der Waals surface area (Å²) in [5.74, 6) is 0. The van der Waals surface area contributed by atoms with Gasteiger partial charge in [0.05, 0.1) is 6.10 Å². The van der Waals surface area contributed by atoms with Crippen molar-refractivity contribution in [3.05, 3.63) is 0 Å². The molecule has 2 saturated heterocycles. The standard InChI is InChI=1S/C8H15NO/c10-8-4-6-9-5-2-1-3-7(8)9/h7-8,10H,1-6H2/t7-,8+/m0/s1. The molecule has 10 heavy (non-hydrogen) atoms. The van der Waals surface area contributed by atoms with Gasteiger partial charge in [0.2, 0.25) is 0 Å². The van der Waals surface area contributed by atoms with Gasteiger partial charge in [0.1, 0.15) is 0 Å². The van der Waals surface area contributed by atoms with Gasteiger partial charge in [-0.15, -0.1) is 0 Å². The van der Waals surface area contributed by atoms with Gasteiger partial charge in [-0.05, 0) is 25.8 Å². The van der Waals surface area contributed by atoms with Gasteiger partial charge in [-0.1, -0.05) is 6.42 Å². The maximum absolute atomic E-state index is 9.48. The van der Waals surface area contributed by atoms with Gasteiger partial charge in [-0.3, -0.25) is 4.90 Å². The van der Waals surface area contributed by atoms with E-state index in [9.17, 15) is 5.11 Å². The summed E-state index contributed by atoms with van der Waals surface area (Å²) in [7, 11) is 0. The van der Waals surface area contributed by atoms with Gasteiger partial charge in [-0.25, -0.2) is 0 Å². The Kier molecular flexibility index (Phi) is 1.66. The predicted molar refractivity (Wildman–Crippen MR) is 39.8 cm³/mol. The molecular weight excluding hydrogens is 126 g/mol. The van der Waals surface area contributed by atoms with Crippen LogP contribution in [0.5, 0.6) is 0 Å². The van der Waals surface area contributed by atoms with Crippen LogP contribution in [0.2, 0.25) is 0 Å². The number of hydrogen-bond acceptors (Lipinski definition) is 2. The number of piperidine rings is 1. The Bertz CT molecular complexity index is 124. The van der Waals surface area contributed by atoms with Crippen LogP contribution in [0.3, 0.4) is 0 Å². The number of fused-ring (bicyclic) bond motifs is 1. The Hall–Kier alpha value is -0.0800. The van der Waals surface area contributed by atoms with Crippen molar-refractivity contribution in [2.24, 2.45) is 0 Å². The summed E-state index contributed by atoms with van der Waals surface area (Å²) in [5.41, 5.74) is 0. The molecule has 0 aliphatic carbocycles. The van der Waals surface area contributed by atoms with Gasteiger partial charge < -0.3 is 5.11 Å². The predicted octanol–water partition coefficient (Wildman–Crippen LogP) is 0.606.